The van der Waals surface area contributed by atoms with E-state index in [9.17, 15) is 0 Å². The summed E-state index contributed by atoms with van der Waals surface area (Å²) in [5, 5.41) is 0. The van der Waals surface area contributed by atoms with Crippen molar-refractivity contribution in [3.63, 3.8) is 0 Å². The molecule has 0 aliphatic carbocycles. The number of rotatable bonds is 3. The van der Waals surface area contributed by atoms with Crippen LogP contribution in [-0.4, -0.2) is 21.1 Å². The molecule has 2 rings (SSSR count). The minimum absolute atomic E-state index is 0.615. The van der Waals surface area contributed by atoms with Crippen LogP contribution >= 0.6 is 15.9 Å². The molecule has 0 atom stereocenters. The van der Waals surface area contributed by atoms with E-state index >= 15 is 0 Å². The van der Waals surface area contributed by atoms with Crippen LogP contribution in [0.4, 0.5) is 0 Å². The number of nitrogens with zero attached hydrogens (tertiary/aromatic N) is 2. The highest BCUT2D eigenvalue weighted by Gasteiger charge is 2.13. The van der Waals surface area contributed by atoms with Crippen LogP contribution < -0.4 is 5.73 Å². The fourth-order valence-corrected chi connectivity index (χ4v) is 2.05. The maximum absolute atomic E-state index is 5.53. The highest BCUT2D eigenvalue weighted by molar-refractivity contribution is 9.10. The summed E-state index contributed by atoms with van der Waals surface area (Å²) in [4.78, 5) is 7.58. The van der Waals surface area contributed by atoms with Crippen LogP contribution in [0, 0.1) is 0 Å². The molecule has 15 heavy (non-hydrogen) atoms. The third-order valence-electron chi connectivity index (χ3n) is 2.36. The summed E-state index contributed by atoms with van der Waals surface area (Å²) in [7, 11) is 1.98. The molecule has 2 heterocycles. The van der Waals surface area contributed by atoms with Crippen LogP contribution in [0.3, 0.4) is 0 Å². The SMILES string of the molecule is Cn1c(CCN)nc(-c2cc[nH]c2)c1Br. The minimum atomic E-state index is 0.615. The first-order valence-electron chi connectivity index (χ1n) is 4.78. The van der Waals surface area contributed by atoms with Crippen molar-refractivity contribution < 1.29 is 0 Å². The van der Waals surface area contributed by atoms with Gasteiger partial charge in [0.15, 0.2) is 0 Å². The Bertz CT molecular complexity index is 444. The quantitative estimate of drug-likeness (QED) is 0.890. The largest absolute Gasteiger partial charge is 0.367 e. The molecular formula is C10H13BrN4. The summed E-state index contributed by atoms with van der Waals surface area (Å²) < 4.78 is 3.01. The van der Waals surface area contributed by atoms with Gasteiger partial charge in [-0.3, -0.25) is 0 Å². The number of nitrogens with two attached hydrogens (primary N) is 1. The standard InChI is InChI=1S/C10H13BrN4/c1-15-8(2-4-12)14-9(10(15)11)7-3-5-13-6-7/h3,5-6,13H,2,4,12H2,1H3. The third kappa shape index (κ3) is 1.85. The zero-order valence-electron chi connectivity index (χ0n) is 8.50. The molecule has 2 aromatic heterocycles. The zero-order chi connectivity index (χ0) is 10.8. The Balaban J connectivity index is 2.45. The van der Waals surface area contributed by atoms with E-state index in [0.717, 1.165) is 28.1 Å². The first-order valence-corrected chi connectivity index (χ1v) is 5.57. The van der Waals surface area contributed by atoms with Crippen LogP contribution in [0.2, 0.25) is 0 Å². The molecule has 0 aliphatic rings. The van der Waals surface area contributed by atoms with Gasteiger partial charge in [-0.2, -0.15) is 0 Å². The lowest BCUT2D eigenvalue weighted by Gasteiger charge is -1.98. The van der Waals surface area contributed by atoms with Crippen molar-refractivity contribution in [3.8, 4) is 11.3 Å². The van der Waals surface area contributed by atoms with Crippen LogP contribution in [0.15, 0.2) is 23.1 Å². The van der Waals surface area contributed by atoms with E-state index in [4.69, 9.17) is 5.73 Å². The van der Waals surface area contributed by atoms with E-state index in [1.54, 1.807) is 0 Å². The number of H-pyrrole nitrogens is 1. The average molecular weight is 269 g/mol. The highest BCUT2D eigenvalue weighted by atomic mass is 79.9. The van der Waals surface area contributed by atoms with Crippen molar-refractivity contribution in [1.29, 1.82) is 0 Å². The molecular weight excluding hydrogens is 256 g/mol. The second-order valence-corrected chi connectivity index (χ2v) is 4.12. The van der Waals surface area contributed by atoms with Gasteiger partial charge in [0.1, 0.15) is 16.1 Å². The van der Waals surface area contributed by atoms with Gasteiger partial charge in [0, 0.05) is 31.4 Å². The Morgan fingerprint density at radius 2 is 2.40 bits per heavy atom. The maximum Gasteiger partial charge on any atom is 0.112 e. The summed E-state index contributed by atoms with van der Waals surface area (Å²) in [5.41, 5.74) is 7.58. The summed E-state index contributed by atoms with van der Waals surface area (Å²) in [6.07, 6.45) is 4.61. The molecule has 2 aromatic rings. The van der Waals surface area contributed by atoms with Crippen molar-refractivity contribution in [2.45, 2.75) is 6.42 Å². The van der Waals surface area contributed by atoms with E-state index in [1.807, 2.05) is 30.1 Å². The minimum Gasteiger partial charge on any atom is -0.367 e. The molecule has 0 aromatic carbocycles. The van der Waals surface area contributed by atoms with Gasteiger partial charge in [-0.15, -0.1) is 0 Å². The lowest BCUT2D eigenvalue weighted by atomic mass is 10.3. The van der Waals surface area contributed by atoms with Crippen molar-refractivity contribution in [2.24, 2.45) is 12.8 Å². The maximum atomic E-state index is 5.53. The van der Waals surface area contributed by atoms with Gasteiger partial charge in [0.05, 0.1) is 0 Å². The van der Waals surface area contributed by atoms with E-state index in [1.165, 1.54) is 0 Å². The fourth-order valence-electron chi connectivity index (χ4n) is 1.53. The average Bonchev–Trinajstić information content (AvgIpc) is 2.82. The molecule has 5 heteroatoms. The van der Waals surface area contributed by atoms with Crippen molar-refractivity contribution in [3.05, 3.63) is 28.9 Å². The van der Waals surface area contributed by atoms with Gasteiger partial charge >= 0.3 is 0 Å². The molecule has 0 radical (unpaired) electrons. The molecule has 0 fully saturated rings. The Kier molecular flexibility index (Phi) is 2.93. The predicted molar refractivity (Wildman–Crippen MR) is 63.5 cm³/mol. The van der Waals surface area contributed by atoms with Crippen LogP contribution in [-0.2, 0) is 13.5 Å². The van der Waals surface area contributed by atoms with Crippen LogP contribution in [0.25, 0.3) is 11.3 Å². The molecule has 0 aliphatic heterocycles. The molecule has 0 unspecified atom stereocenters. The Hall–Kier alpha value is -1.07. The Labute approximate surface area is 96.6 Å². The first kappa shape index (κ1) is 10.4. The van der Waals surface area contributed by atoms with Crippen LogP contribution in [0.5, 0.6) is 0 Å². The van der Waals surface area contributed by atoms with E-state index in [2.05, 4.69) is 25.9 Å². The summed E-state index contributed by atoms with van der Waals surface area (Å²) in [5.74, 6) is 1.00. The zero-order valence-corrected chi connectivity index (χ0v) is 10.1. The second-order valence-electron chi connectivity index (χ2n) is 3.36. The number of hydrogen-bond acceptors (Lipinski definition) is 2. The van der Waals surface area contributed by atoms with Gasteiger partial charge in [-0.1, -0.05) is 0 Å². The molecule has 0 bridgehead atoms. The summed E-state index contributed by atoms with van der Waals surface area (Å²) in [6.45, 7) is 0.615. The second kappa shape index (κ2) is 4.20. The van der Waals surface area contributed by atoms with Crippen molar-refractivity contribution >= 4 is 15.9 Å². The van der Waals surface area contributed by atoms with Crippen molar-refractivity contribution in [1.82, 2.24) is 14.5 Å². The van der Waals surface area contributed by atoms with Crippen molar-refractivity contribution in [2.75, 3.05) is 6.54 Å². The Morgan fingerprint density at radius 3 is 3.00 bits per heavy atom. The molecule has 3 N–H and O–H groups in total. The number of halogens is 1. The normalized spacial score (nSPS) is 10.9. The van der Waals surface area contributed by atoms with E-state index < -0.39 is 0 Å². The van der Waals surface area contributed by atoms with E-state index in [0.29, 0.717) is 6.54 Å². The molecule has 0 saturated carbocycles. The third-order valence-corrected chi connectivity index (χ3v) is 3.26. The lowest BCUT2D eigenvalue weighted by Crippen LogP contribution is -2.07. The van der Waals surface area contributed by atoms with Gasteiger partial charge in [0.25, 0.3) is 0 Å². The first-order chi connectivity index (χ1) is 7.24. The monoisotopic (exact) mass is 268 g/mol. The molecule has 0 spiro atoms. The predicted octanol–water partition coefficient (Wildman–Crippen LogP) is 1.68. The van der Waals surface area contributed by atoms with Gasteiger partial charge in [0.2, 0.25) is 0 Å². The molecule has 4 nitrogen and oxygen atoms in total. The number of hydrogen-bond donors (Lipinski definition) is 2. The summed E-state index contributed by atoms with van der Waals surface area (Å²) in [6, 6.07) is 2.00. The molecule has 0 amide bonds. The topological polar surface area (TPSA) is 59.6 Å². The lowest BCUT2D eigenvalue weighted by molar-refractivity contribution is 0.767. The van der Waals surface area contributed by atoms with Crippen LogP contribution in [0.1, 0.15) is 5.82 Å². The fraction of sp³-hybridized carbons (Fsp3) is 0.300. The van der Waals surface area contributed by atoms with Gasteiger partial charge in [-0.05, 0) is 28.5 Å². The molecule has 80 valence electrons. The number of imidazole rings is 1. The van der Waals surface area contributed by atoms with Gasteiger partial charge < -0.3 is 15.3 Å². The molecule has 0 saturated heterocycles. The highest BCUT2D eigenvalue weighted by Crippen LogP contribution is 2.27. The summed E-state index contributed by atoms with van der Waals surface area (Å²) >= 11 is 3.54. The smallest absolute Gasteiger partial charge is 0.112 e. The number of aromatic nitrogens is 3. The number of nitrogens with one attached hydrogen (secondary N) is 1. The number of aromatic amines is 1. The van der Waals surface area contributed by atoms with Gasteiger partial charge in [-0.25, -0.2) is 4.98 Å². The van der Waals surface area contributed by atoms with E-state index in [-0.39, 0.29) is 0 Å². The Morgan fingerprint density at radius 1 is 1.60 bits per heavy atom.